The Labute approximate surface area is 284 Å². The molecule has 2 amide bonds. The highest BCUT2D eigenvalue weighted by atomic mass is 32.2. The smallest absolute Gasteiger partial charge is 0.261 e. The van der Waals surface area contributed by atoms with E-state index < -0.39 is 6.29 Å². The van der Waals surface area contributed by atoms with Crippen LogP contribution in [0.2, 0.25) is 0 Å². The van der Waals surface area contributed by atoms with Gasteiger partial charge in [0.2, 0.25) is 0 Å². The van der Waals surface area contributed by atoms with Crippen molar-refractivity contribution in [2.24, 2.45) is 0 Å². The Hall–Kier alpha value is -4.73. The van der Waals surface area contributed by atoms with E-state index in [2.05, 4.69) is 6.07 Å². The fourth-order valence-electron chi connectivity index (χ4n) is 6.26. The number of imide groups is 1. The second-order valence-electron chi connectivity index (χ2n) is 11.8. The van der Waals surface area contributed by atoms with Gasteiger partial charge in [-0.15, -0.1) is 11.8 Å². The maximum absolute atomic E-state index is 13.1. The first-order valence-electron chi connectivity index (χ1n) is 15.9. The Bertz CT molecular complexity index is 1890. The number of hydrogen-bond acceptors (Lipinski definition) is 7. The lowest BCUT2D eigenvalue weighted by molar-refractivity contribution is -0.245. The van der Waals surface area contributed by atoms with E-state index in [1.807, 2.05) is 91.0 Å². The highest BCUT2D eigenvalue weighted by molar-refractivity contribution is 7.99. The third kappa shape index (κ3) is 6.53. The lowest BCUT2D eigenvalue weighted by Crippen LogP contribution is -2.31. The number of carbonyl (C=O) groups is 2. The lowest BCUT2D eigenvalue weighted by atomic mass is 9.97. The summed E-state index contributed by atoms with van der Waals surface area (Å²) in [6.07, 6.45) is -0.200. The monoisotopic (exact) mass is 657 g/mol. The number of aliphatic hydroxyl groups is 1. The van der Waals surface area contributed by atoms with E-state index in [4.69, 9.17) is 14.2 Å². The van der Waals surface area contributed by atoms with Gasteiger partial charge in [-0.05, 0) is 52.1 Å². The van der Waals surface area contributed by atoms with Gasteiger partial charge in [-0.2, -0.15) is 0 Å². The first-order chi connectivity index (χ1) is 23.5. The minimum Gasteiger partial charge on any atom is -0.496 e. The van der Waals surface area contributed by atoms with Crippen LogP contribution in [0.25, 0.3) is 11.1 Å². The first-order valence-corrected chi connectivity index (χ1v) is 16.9. The van der Waals surface area contributed by atoms with Crippen molar-refractivity contribution in [2.45, 2.75) is 43.0 Å². The van der Waals surface area contributed by atoms with Crippen molar-refractivity contribution < 1.29 is 28.9 Å². The van der Waals surface area contributed by atoms with Crippen LogP contribution in [0, 0.1) is 0 Å². The first kappa shape index (κ1) is 31.8. The van der Waals surface area contributed by atoms with Crippen LogP contribution in [-0.2, 0) is 22.6 Å². The molecule has 0 aromatic heterocycles. The number of benzene rings is 5. The number of amides is 2. The SMILES string of the molecule is COc1ccccc1SC[C@@H]1C[C@H](c2ccc(CO)cc2)O[C@H](c2ccc(-c3ccccc3CN3C(=O)c4ccccc4C3=O)cc2)O1. The summed E-state index contributed by atoms with van der Waals surface area (Å²) in [5.74, 6) is 1.01. The van der Waals surface area contributed by atoms with Gasteiger partial charge in [-0.3, -0.25) is 14.5 Å². The summed E-state index contributed by atoms with van der Waals surface area (Å²) in [4.78, 5) is 28.5. The van der Waals surface area contributed by atoms with Crippen LogP contribution < -0.4 is 4.74 Å². The molecule has 2 aliphatic heterocycles. The maximum Gasteiger partial charge on any atom is 0.261 e. The van der Waals surface area contributed by atoms with Crippen LogP contribution in [0.15, 0.2) is 126 Å². The van der Waals surface area contributed by atoms with Crippen LogP contribution in [-0.4, -0.2) is 40.8 Å². The van der Waals surface area contributed by atoms with E-state index in [-0.39, 0.29) is 37.2 Å². The molecule has 0 spiro atoms. The van der Waals surface area contributed by atoms with E-state index in [1.54, 1.807) is 43.1 Å². The molecule has 5 aromatic rings. The van der Waals surface area contributed by atoms with Crippen LogP contribution in [0.1, 0.15) is 61.8 Å². The number of methoxy groups -OCH3 is 1. The Morgan fingerprint density at radius 3 is 2.06 bits per heavy atom. The zero-order valence-electron chi connectivity index (χ0n) is 26.5. The third-order valence-electron chi connectivity index (χ3n) is 8.83. The van der Waals surface area contributed by atoms with Gasteiger partial charge in [0.25, 0.3) is 11.8 Å². The van der Waals surface area contributed by atoms with Gasteiger partial charge >= 0.3 is 0 Å². The molecule has 7 nitrogen and oxygen atoms in total. The largest absolute Gasteiger partial charge is 0.496 e. The quantitative estimate of drug-likeness (QED) is 0.120. The van der Waals surface area contributed by atoms with E-state index in [1.165, 1.54) is 4.90 Å². The van der Waals surface area contributed by atoms with Crippen molar-refractivity contribution in [3.8, 4) is 16.9 Å². The number of ether oxygens (including phenoxy) is 3. The van der Waals surface area contributed by atoms with Crippen LogP contribution in [0.5, 0.6) is 5.75 Å². The normalized spacial score (nSPS) is 19.0. The highest BCUT2D eigenvalue weighted by Crippen LogP contribution is 2.41. The molecule has 242 valence electrons. The van der Waals surface area contributed by atoms with Crippen molar-refractivity contribution >= 4 is 23.6 Å². The fraction of sp³-hybridized carbons (Fsp3) is 0.200. The molecule has 1 N–H and O–H groups in total. The molecule has 48 heavy (non-hydrogen) atoms. The van der Waals surface area contributed by atoms with E-state index >= 15 is 0 Å². The second kappa shape index (κ2) is 14.2. The Morgan fingerprint density at radius 1 is 0.750 bits per heavy atom. The summed E-state index contributed by atoms with van der Waals surface area (Å²) >= 11 is 1.70. The molecular weight excluding hydrogens is 623 g/mol. The molecule has 0 unspecified atom stereocenters. The number of fused-ring (bicyclic) bond motifs is 1. The highest BCUT2D eigenvalue weighted by Gasteiger charge is 2.36. The predicted octanol–water partition coefficient (Wildman–Crippen LogP) is 7.99. The number of rotatable bonds is 10. The zero-order chi connectivity index (χ0) is 33.0. The van der Waals surface area contributed by atoms with E-state index in [0.29, 0.717) is 23.3 Å². The average molecular weight is 658 g/mol. The summed E-state index contributed by atoms with van der Waals surface area (Å²) in [5.41, 5.74) is 6.44. The van der Waals surface area contributed by atoms with Crippen molar-refractivity contribution in [3.63, 3.8) is 0 Å². The summed E-state index contributed by atoms with van der Waals surface area (Å²) in [6, 6.07) is 38.7. The topological polar surface area (TPSA) is 85.3 Å². The van der Waals surface area contributed by atoms with Gasteiger partial charge in [-0.25, -0.2) is 0 Å². The minimum absolute atomic E-state index is 0.0104. The second-order valence-corrected chi connectivity index (χ2v) is 12.9. The Kier molecular flexibility index (Phi) is 9.40. The number of thioether (sulfide) groups is 1. The average Bonchev–Trinajstić information content (AvgIpc) is 3.39. The zero-order valence-corrected chi connectivity index (χ0v) is 27.3. The summed E-state index contributed by atoms with van der Waals surface area (Å²) < 4.78 is 18.7. The van der Waals surface area contributed by atoms with Crippen molar-refractivity contribution in [1.82, 2.24) is 4.90 Å². The molecule has 0 bridgehead atoms. The summed E-state index contributed by atoms with van der Waals surface area (Å²) in [5, 5.41) is 9.55. The molecule has 1 fully saturated rings. The molecule has 0 saturated carbocycles. The number of para-hydroxylation sites is 1. The van der Waals surface area contributed by atoms with Gasteiger partial charge in [-0.1, -0.05) is 97.1 Å². The molecule has 8 heteroatoms. The third-order valence-corrected chi connectivity index (χ3v) is 10.0. The van der Waals surface area contributed by atoms with Gasteiger partial charge in [0.15, 0.2) is 6.29 Å². The molecule has 0 aliphatic carbocycles. The molecule has 1 saturated heterocycles. The Balaban J connectivity index is 1.12. The molecule has 5 aromatic carbocycles. The van der Waals surface area contributed by atoms with Gasteiger partial charge in [0.1, 0.15) is 5.75 Å². The molecule has 0 radical (unpaired) electrons. The van der Waals surface area contributed by atoms with Crippen LogP contribution in [0.4, 0.5) is 0 Å². The van der Waals surface area contributed by atoms with E-state index in [9.17, 15) is 14.7 Å². The van der Waals surface area contributed by atoms with Gasteiger partial charge in [0, 0.05) is 22.6 Å². The number of hydrogen-bond donors (Lipinski definition) is 1. The molecule has 7 rings (SSSR count). The predicted molar refractivity (Wildman–Crippen MR) is 185 cm³/mol. The van der Waals surface area contributed by atoms with Gasteiger partial charge < -0.3 is 19.3 Å². The molecule has 3 atom stereocenters. The molecule has 2 heterocycles. The number of nitrogens with zero attached hydrogens (tertiary/aromatic N) is 1. The molecule has 2 aliphatic rings. The molecular formula is C40H35NO6S. The standard InChI is InChI=1S/C40H35NO6S/c1-45-35-12-6-7-13-37(35)48-25-31-22-36(28-16-14-26(24-42)15-17-28)47-40(46-31)29-20-18-27(19-21-29)32-9-3-2-8-30(32)23-41-38(43)33-10-4-5-11-34(33)39(41)44/h2-21,31,36,40,42H,22-25H2,1H3/t31-,36+,40+/m0/s1. The van der Waals surface area contributed by atoms with Crippen molar-refractivity contribution in [3.05, 3.63) is 155 Å². The maximum atomic E-state index is 13.1. The lowest BCUT2D eigenvalue weighted by Gasteiger charge is -2.36. The fourth-order valence-corrected chi connectivity index (χ4v) is 7.30. The van der Waals surface area contributed by atoms with Crippen molar-refractivity contribution in [1.29, 1.82) is 0 Å². The Morgan fingerprint density at radius 2 is 1.38 bits per heavy atom. The minimum atomic E-state index is -0.591. The van der Waals surface area contributed by atoms with Crippen LogP contribution >= 0.6 is 11.8 Å². The number of carbonyl (C=O) groups excluding carboxylic acids is 2. The van der Waals surface area contributed by atoms with Gasteiger partial charge in [0.05, 0.1) is 43.6 Å². The summed E-state index contributed by atoms with van der Waals surface area (Å²) in [7, 11) is 1.68. The van der Waals surface area contributed by atoms with Crippen molar-refractivity contribution in [2.75, 3.05) is 12.9 Å². The van der Waals surface area contributed by atoms with E-state index in [0.717, 1.165) is 44.0 Å². The summed E-state index contributed by atoms with van der Waals surface area (Å²) in [6.45, 7) is 0.172. The van der Waals surface area contributed by atoms with Crippen LogP contribution in [0.3, 0.4) is 0 Å². The number of aliphatic hydroxyl groups excluding tert-OH is 1.